The standard InChI is InChI=1S/C29H27NO2Si.Cr.N3/c1-33(23-13-4-2-5-14-23,24-15-6-3-7-16-24)27-18-10-12-22(28(27)31)20-30-26-19-21-11-8-9-17-25(21)29(26)32;;1-3-2/h2-18,20,26,29,31-32H,19H2,1H3;;/q;;-1/t26-,29+;;/m0../s1. The molecule has 4 aromatic rings. The van der Waals surface area contributed by atoms with Gasteiger partial charge in [0, 0.05) is 29.1 Å². The molecule has 37 heavy (non-hydrogen) atoms. The zero-order chi connectivity index (χ0) is 25.5. The number of aromatic hydroxyl groups is 1. The van der Waals surface area contributed by atoms with Crippen LogP contribution in [-0.2, 0) is 23.8 Å². The Morgan fingerprint density at radius 3 is 1.95 bits per heavy atom. The number of hydrogen-bond donors (Lipinski definition) is 2. The van der Waals surface area contributed by atoms with Crippen LogP contribution in [0.4, 0.5) is 0 Å². The van der Waals surface area contributed by atoms with Gasteiger partial charge in [-0.25, -0.2) is 0 Å². The molecule has 0 aliphatic heterocycles. The zero-order valence-electron chi connectivity index (χ0n) is 20.3. The summed E-state index contributed by atoms with van der Waals surface area (Å²) in [4.78, 5) is 6.20. The summed E-state index contributed by atoms with van der Waals surface area (Å²) in [5.41, 5.74) is 16.3. The molecule has 0 saturated carbocycles. The minimum absolute atomic E-state index is 0. The number of rotatable bonds is 5. The Kier molecular flexibility index (Phi) is 9.48. The van der Waals surface area contributed by atoms with E-state index < -0.39 is 14.2 Å². The number of benzene rings is 4. The second-order valence-electron chi connectivity index (χ2n) is 8.88. The number of aliphatic imine (C=N–C) groups is 1. The Labute approximate surface area is 228 Å². The number of para-hydroxylation sites is 1. The zero-order valence-corrected chi connectivity index (χ0v) is 22.6. The van der Waals surface area contributed by atoms with E-state index in [2.05, 4.69) is 55.1 Å². The number of nitrogens with zero attached hydrogens (tertiary/aromatic N) is 4. The first-order valence-corrected chi connectivity index (χ1v) is 14.2. The number of fused-ring (bicyclic) bond motifs is 1. The summed E-state index contributed by atoms with van der Waals surface area (Å²) >= 11 is 0. The van der Waals surface area contributed by atoms with Gasteiger partial charge in [0.1, 0.15) is 19.9 Å². The van der Waals surface area contributed by atoms with Gasteiger partial charge in [0.25, 0.3) is 0 Å². The van der Waals surface area contributed by atoms with Crippen molar-refractivity contribution in [3.8, 4) is 5.75 Å². The number of aliphatic hydroxyl groups is 1. The first-order valence-electron chi connectivity index (χ1n) is 11.7. The van der Waals surface area contributed by atoms with Gasteiger partial charge in [0.15, 0.2) is 0 Å². The molecule has 0 spiro atoms. The third-order valence-corrected chi connectivity index (χ3v) is 11.3. The maximum absolute atomic E-state index is 11.4. The average molecular weight is 544 g/mol. The molecule has 8 heteroatoms. The maximum atomic E-state index is 11.4. The third-order valence-electron chi connectivity index (χ3n) is 6.88. The van der Waals surface area contributed by atoms with E-state index in [9.17, 15) is 10.2 Å². The quantitative estimate of drug-likeness (QED) is 0.0969. The molecule has 4 aromatic carbocycles. The normalized spacial score (nSPS) is 16.2. The summed E-state index contributed by atoms with van der Waals surface area (Å²) in [6, 6.07) is 34.6. The molecule has 0 amide bonds. The van der Waals surface area contributed by atoms with Gasteiger partial charge in [-0.05, 0) is 39.2 Å². The van der Waals surface area contributed by atoms with Crippen LogP contribution in [0.15, 0.2) is 108 Å². The van der Waals surface area contributed by atoms with E-state index in [1.807, 2.05) is 54.6 Å². The molecule has 0 bridgehead atoms. The minimum Gasteiger partial charge on any atom is -0.507 e. The van der Waals surface area contributed by atoms with Gasteiger partial charge in [-0.3, -0.25) is 9.90 Å². The smallest absolute Gasteiger partial charge is 0.150 e. The van der Waals surface area contributed by atoms with Crippen molar-refractivity contribution in [2.45, 2.75) is 25.1 Å². The predicted octanol–water partition coefficient (Wildman–Crippen LogP) is 4.43. The molecule has 0 aromatic heterocycles. The molecule has 0 unspecified atom stereocenters. The van der Waals surface area contributed by atoms with Gasteiger partial charge in [0.05, 0.1) is 6.04 Å². The number of hydrogen-bond acceptors (Lipinski definition) is 3. The molecule has 0 heterocycles. The molecule has 5 rings (SSSR count). The fraction of sp³-hybridized carbons (Fsp3) is 0.138. The van der Waals surface area contributed by atoms with Crippen molar-refractivity contribution < 1.29 is 27.6 Å². The van der Waals surface area contributed by atoms with Crippen LogP contribution in [0, 0.1) is 0 Å². The molecule has 6 nitrogen and oxygen atoms in total. The Balaban J connectivity index is 0.000000908. The van der Waals surface area contributed by atoms with Crippen LogP contribution in [0.5, 0.6) is 5.75 Å². The Morgan fingerprint density at radius 1 is 0.838 bits per heavy atom. The molecular formula is C29H27CrN4O2Si-. The molecule has 1 aliphatic carbocycles. The topological polar surface area (TPSA) is 112 Å². The van der Waals surface area contributed by atoms with Crippen molar-refractivity contribution in [3.05, 3.63) is 136 Å². The largest absolute Gasteiger partial charge is 0.507 e. The monoisotopic (exact) mass is 543 g/mol. The fourth-order valence-electron chi connectivity index (χ4n) is 4.95. The van der Waals surface area contributed by atoms with Crippen molar-refractivity contribution in [1.82, 2.24) is 0 Å². The molecule has 186 valence electrons. The van der Waals surface area contributed by atoms with Crippen LogP contribution in [0.3, 0.4) is 0 Å². The molecule has 2 atom stereocenters. The molecule has 1 aliphatic rings. The van der Waals surface area contributed by atoms with Crippen LogP contribution < -0.4 is 15.6 Å². The van der Waals surface area contributed by atoms with Crippen LogP contribution in [0.2, 0.25) is 6.55 Å². The number of phenolic OH excluding ortho intramolecular Hbond substituents is 1. The van der Waals surface area contributed by atoms with E-state index in [-0.39, 0.29) is 29.2 Å². The van der Waals surface area contributed by atoms with Gasteiger partial charge >= 0.3 is 0 Å². The second-order valence-corrected chi connectivity index (χ2v) is 12.8. The molecule has 0 fully saturated rings. The average Bonchev–Trinajstić information content (AvgIpc) is 3.24. The summed E-state index contributed by atoms with van der Waals surface area (Å²) in [7, 11) is -2.44. The van der Waals surface area contributed by atoms with E-state index in [4.69, 9.17) is 16.1 Å². The minimum atomic E-state index is -2.44. The van der Waals surface area contributed by atoms with Gasteiger partial charge in [0.2, 0.25) is 0 Å². The second kappa shape index (κ2) is 12.6. The number of aliphatic hydroxyl groups excluding tert-OH is 1. The first kappa shape index (κ1) is 27.9. The summed E-state index contributed by atoms with van der Waals surface area (Å²) < 4.78 is 0. The predicted molar refractivity (Wildman–Crippen MR) is 148 cm³/mol. The van der Waals surface area contributed by atoms with Gasteiger partial charge in [-0.15, -0.1) is 0 Å². The van der Waals surface area contributed by atoms with Gasteiger partial charge in [-0.2, -0.15) is 0 Å². The fourth-order valence-corrected chi connectivity index (χ4v) is 8.67. The molecule has 0 radical (unpaired) electrons. The molecule has 0 saturated heterocycles. The van der Waals surface area contributed by atoms with Crippen molar-refractivity contribution in [2.75, 3.05) is 0 Å². The Bertz CT molecular complexity index is 1350. The van der Waals surface area contributed by atoms with Crippen molar-refractivity contribution in [2.24, 2.45) is 4.99 Å². The van der Waals surface area contributed by atoms with E-state index >= 15 is 0 Å². The Morgan fingerprint density at radius 2 is 1.38 bits per heavy atom. The maximum Gasteiger partial charge on any atom is 0.150 e. The van der Waals surface area contributed by atoms with E-state index in [0.717, 1.165) is 16.3 Å². The van der Waals surface area contributed by atoms with Crippen molar-refractivity contribution in [1.29, 1.82) is 0 Å². The summed E-state index contributed by atoms with van der Waals surface area (Å²) in [6.07, 6.45) is 1.81. The van der Waals surface area contributed by atoms with Crippen LogP contribution >= 0.6 is 0 Å². The number of phenols is 1. The SMILES string of the molecule is C[Si](c1ccccc1)(c1ccccc1)c1cccc(C=N[C@H]2Cc3ccccc3[C@H]2O)c1O.[Cr].[N-]=[N+]=[N-]. The van der Waals surface area contributed by atoms with E-state index in [0.29, 0.717) is 12.0 Å². The van der Waals surface area contributed by atoms with Crippen molar-refractivity contribution >= 4 is 29.8 Å². The molecular weight excluding hydrogens is 516 g/mol. The van der Waals surface area contributed by atoms with Gasteiger partial charge < -0.3 is 21.3 Å². The summed E-state index contributed by atoms with van der Waals surface area (Å²) in [6.45, 7) is 2.28. The first-order chi connectivity index (χ1) is 17.5. The molecule has 2 N–H and O–H groups in total. The van der Waals surface area contributed by atoms with Crippen LogP contribution in [-0.4, -0.2) is 30.5 Å². The van der Waals surface area contributed by atoms with Crippen LogP contribution in [0.25, 0.3) is 16.0 Å². The third kappa shape index (κ3) is 5.70. The Hall–Kier alpha value is -3.63. The summed E-state index contributed by atoms with van der Waals surface area (Å²) in [5.74, 6) is 0.271. The van der Waals surface area contributed by atoms with E-state index in [1.165, 1.54) is 15.3 Å². The van der Waals surface area contributed by atoms with Crippen LogP contribution in [0.1, 0.15) is 22.8 Å². The summed E-state index contributed by atoms with van der Waals surface area (Å²) in [5, 5.41) is 25.6. The van der Waals surface area contributed by atoms with E-state index in [1.54, 1.807) is 6.21 Å². The van der Waals surface area contributed by atoms with Gasteiger partial charge in [-0.1, -0.05) is 104 Å². The van der Waals surface area contributed by atoms with Crippen molar-refractivity contribution in [3.63, 3.8) is 0 Å².